The summed E-state index contributed by atoms with van der Waals surface area (Å²) in [6.45, 7) is 1.60. The maximum atomic E-state index is 11.7. The SMILES string of the molecule is CCc1cccc(OCC(=O)NNC(=O)COc2ccc(Br)cc2Br)c1. The number of benzene rings is 2. The van der Waals surface area contributed by atoms with E-state index in [4.69, 9.17) is 9.47 Å². The van der Waals surface area contributed by atoms with E-state index in [1.165, 1.54) is 0 Å². The van der Waals surface area contributed by atoms with Gasteiger partial charge in [-0.3, -0.25) is 20.4 Å². The van der Waals surface area contributed by atoms with Crippen LogP contribution in [-0.2, 0) is 16.0 Å². The summed E-state index contributed by atoms with van der Waals surface area (Å²) in [6, 6.07) is 12.8. The molecule has 138 valence electrons. The van der Waals surface area contributed by atoms with E-state index in [-0.39, 0.29) is 13.2 Å². The standard InChI is InChI=1S/C18H18Br2N2O4/c1-2-12-4-3-5-14(8-12)25-10-17(23)21-22-18(24)11-26-16-7-6-13(19)9-15(16)20/h3-9H,2,10-11H2,1H3,(H,21,23)(H,22,24). The van der Waals surface area contributed by atoms with Crippen molar-refractivity contribution in [3.8, 4) is 11.5 Å². The van der Waals surface area contributed by atoms with Gasteiger partial charge in [0, 0.05) is 4.47 Å². The summed E-state index contributed by atoms with van der Waals surface area (Å²) in [5.41, 5.74) is 5.67. The van der Waals surface area contributed by atoms with E-state index in [0.29, 0.717) is 16.0 Å². The molecule has 6 nitrogen and oxygen atoms in total. The van der Waals surface area contributed by atoms with Crippen molar-refractivity contribution >= 4 is 43.7 Å². The van der Waals surface area contributed by atoms with Crippen LogP contribution in [0, 0.1) is 0 Å². The third-order valence-corrected chi connectivity index (χ3v) is 4.38. The monoisotopic (exact) mass is 484 g/mol. The number of aryl methyl sites for hydroxylation is 1. The lowest BCUT2D eigenvalue weighted by atomic mass is 10.2. The van der Waals surface area contributed by atoms with Gasteiger partial charge in [-0.1, -0.05) is 35.0 Å². The summed E-state index contributed by atoms with van der Waals surface area (Å²) in [4.78, 5) is 23.5. The van der Waals surface area contributed by atoms with Gasteiger partial charge >= 0.3 is 0 Å². The highest BCUT2D eigenvalue weighted by molar-refractivity contribution is 9.11. The predicted molar refractivity (Wildman–Crippen MR) is 105 cm³/mol. The summed E-state index contributed by atoms with van der Waals surface area (Å²) in [7, 11) is 0. The van der Waals surface area contributed by atoms with E-state index >= 15 is 0 Å². The Morgan fingerprint density at radius 3 is 2.31 bits per heavy atom. The van der Waals surface area contributed by atoms with E-state index in [1.807, 2.05) is 25.1 Å². The van der Waals surface area contributed by atoms with E-state index in [1.54, 1.807) is 24.3 Å². The fraction of sp³-hybridized carbons (Fsp3) is 0.222. The second kappa shape index (κ2) is 10.2. The number of carbonyl (C=O) groups excluding carboxylic acids is 2. The molecule has 0 atom stereocenters. The molecule has 0 bridgehead atoms. The van der Waals surface area contributed by atoms with Crippen molar-refractivity contribution in [1.29, 1.82) is 0 Å². The van der Waals surface area contributed by atoms with Gasteiger partial charge in [0.15, 0.2) is 13.2 Å². The van der Waals surface area contributed by atoms with Crippen LogP contribution in [0.5, 0.6) is 11.5 Å². The number of carbonyl (C=O) groups is 2. The van der Waals surface area contributed by atoms with Crippen LogP contribution in [0.3, 0.4) is 0 Å². The van der Waals surface area contributed by atoms with Gasteiger partial charge < -0.3 is 9.47 Å². The molecule has 0 saturated heterocycles. The van der Waals surface area contributed by atoms with Crippen molar-refractivity contribution in [3.05, 3.63) is 57.0 Å². The van der Waals surface area contributed by atoms with Gasteiger partial charge in [-0.25, -0.2) is 0 Å². The van der Waals surface area contributed by atoms with Crippen LogP contribution in [0.4, 0.5) is 0 Å². The molecule has 2 aromatic rings. The van der Waals surface area contributed by atoms with Gasteiger partial charge in [0.1, 0.15) is 11.5 Å². The van der Waals surface area contributed by atoms with Crippen LogP contribution in [-0.4, -0.2) is 25.0 Å². The molecule has 2 amide bonds. The van der Waals surface area contributed by atoms with Gasteiger partial charge in [-0.15, -0.1) is 0 Å². The van der Waals surface area contributed by atoms with Crippen LogP contribution < -0.4 is 20.3 Å². The zero-order valence-electron chi connectivity index (χ0n) is 14.1. The fourth-order valence-corrected chi connectivity index (χ4v) is 3.11. The molecule has 0 saturated carbocycles. The quantitative estimate of drug-likeness (QED) is 0.589. The minimum absolute atomic E-state index is 0.202. The first kappa shape index (κ1) is 20.3. The Morgan fingerprint density at radius 2 is 1.65 bits per heavy atom. The smallest absolute Gasteiger partial charge is 0.276 e. The Hall–Kier alpha value is -2.06. The Bertz CT molecular complexity index is 784. The van der Waals surface area contributed by atoms with Crippen molar-refractivity contribution in [2.45, 2.75) is 13.3 Å². The molecule has 0 unspecified atom stereocenters. The number of hydrogen-bond acceptors (Lipinski definition) is 4. The van der Waals surface area contributed by atoms with E-state index in [9.17, 15) is 9.59 Å². The lowest BCUT2D eigenvalue weighted by molar-refractivity contribution is -0.131. The lowest BCUT2D eigenvalue weighted by Crippen LogP contribution is -2.45. The van der Waals surface area contributed by atoms with Gasteiger partial charge in [0.05, 0.1) is 4.47 Å². The summed E-state index contributed by atoms with van der Waals surface area (Å²) in [5, 5.41) is 0. The van der Waals surface area contributed by atoms with Crippen LogP contribution in [0.1, 0.15) is 12.5 Å². The van der Waals surface area contributed by atoms with Gasteiger partial charge in [-0.2, -0.15) is 0 Å². The molecular formula is C18H18Br2N2O4. The minimum Gasteiger partial charge on any atom is -0.484 e. The average Bonchev–Trinajstić information content (AvgIpc) is 2.64. The number of amides is 2. The first-order chi connectivity index (χ1) is 12.5. The van der Waals surface area contributed by atoms with Gasteiger partial charge in [0.25, 0.3) is 11.8 Å². The summed E-state index contributed by atoms with van der Waals surface area (Å²) >= 11 is 6.67. The van der Waals surface area contributed by atoms with Crippen molar-refractivity contribution in [1.82, 2.24) is 10.9 Å². The first-order valence-electron chi connectivity index (χ1n) is 7.85. The number of hydrazine groups is 1. The number of nitrogens with one attached hydrogen (secondary N) is 2. The molecule has 0 spiro atoms. The summed E-state index contributed by atoms with van der Waals surface area (Å²) in [5.74, 6) is 0.175. The highest BCUT2D eigenvalue weighted by atomic mass is 79.9. The molecular weight excluding hydrogens is 468 g/mol. The molecule has 0 aliphatic rings. The molecule has 0 heterocycles. The lowest BCUT2D eigenvalue weighted by Gasteiger charge is -2.11. The normalized spacial score (nSPS) is 10.1. The van der Waals surface area contributed by atoms with Crippen LogP contribution in [0.15, 0.2) is 51.4 Å². The average molecular weight is 486 g/mol. The van der Waals surface area contributed by atoms with Crippen molar-refractivity contribution < 1.29 is 19.1 Å². The molecule has 0 aliphatic carbocycles. The fourth-order valence-electron chi connectivity index (χ4n) is 1.95. The molecule has 0 aromatic heterocycles. The highest BCUT2D eigenvalue weighted by Crippen LogP contribution is 2.28. The molecule has 26 heavy (non-hydrogen) atoms. The second-order valence-electron chi connectivity index (χ2n) is 5.25. The molecule has 8 heteroatoms. The van der Waals surface area contributed by atoms with E-state index in [0.717, 1.165) is 16.5 Å². The van der Waals surface area contributed by atoms with Crippen LogP contribution >= 0.6 is 31.9 Å². The Balaban J connectivity index is 1.70. The Labute approximate surface area is 168 Å². The molecule has 2 aromatic carbocycles. The van der Waals surface area contributed by atoms with Crippen molar-refractivity contribution in [2.75, 3.05) is 13.2 Å². The predicted octanol–water partition coefficient (Wildman–Crippen LogP) is 3.38. The zero-order chi connectivity index (χ0) is 18.9. The zero-order valence-corrected chi connectivity index (χ0v) is 17.2. The molecule has 0 fully saturated rings. The molecule has 0 radical (unpaired) electrons. The Morgan fingerprint density at radius 1 is 0.962 bits per heavy atom. The minimum atomic E-state index is -0.485. The molecule has 0 aliphatic heterocycles. The van der Waals surface area contributed by atoms with Crippen molar-refractivity contribution in [3.63, 3.8) is 0 Å². The highest BCUT2D eigenvalue weighted by Gasteiger charge is 2.08. The third-order valence-electron chi connectivity index (χ3n) is 3.27. The third kappa shape index (κ3) is 6.68. The molecule has 2 rings (SSSR count). The number of halogens is 2. The number of rotatable bonds is 7. The maximum absolute atomic E-state index is 11.7. The Kier molecular flexibility index (Phi) is 7.93. The van der Waals surface area contributed by atoms with Crippen molar-refractivity contribution in [2.24, 2.45) is 0 Å². The topological polar surface area (TPSA) is 76.7 Å². The van der Waals surface area contributed by atoms with E-state index < -0.39 is 11.8 Å². The summed E-state index contributed by atoms with van der Waals surface area (Å²) in [6.07, 6.45) is 0.883. The van der Waals surface area contributed by atoms with E-state index in [2.05, 4.69) is 42.7 Å². The summed E-state index contributed by atoms with van der Waals surface area (Å²) < 4.78 is 12.4. The maximum Gasteiger partial charge on any atom is 0.276 e. The number of hydrogen-bond donors (Lipinski definition) is 2. The van der Waals surface area contributed by atoms with Gasteiger partial charge in [-0.05, 0) is 58.2 Å². The second-order valence-corrected chi connectivity index (χ2v) is 7.02. The number of ether oxygens (including phenoxy) is 2. The molecule has 2 N–H and O–H groups in total. The van der Waals surface area contributed by atoms with Crippen LogP contribution in [0.25, 0.3) is 0 Å². The largest absolute Gasteiger partial charge is 0.484 e. The van der Waals surface area contributed by atoms with Gasteiger partial charge in [0.2, 0.25) is 0 Å². The first-order valence-corrected chi connectivity index (χ1v) is 9.43. The van der Waals surface area contributed by atoms with Crippen LogP contribution in [0.2, 0.25) is 0 Å².